The van der Waals surface area contributed by atoms with Crippen LogP contribution in [0.5, 0.6) is 0 Å². The van der Waals surface area contributed by atoms with Gasteiger partial charge in [0.1, 0.15) is 0 Å². The third-order valence-corrected chi connectivity index (χ3v) is 8.70. The van der Waals surface area contributed by atoms with Crippen molar-refractivity contribution in [3.8, 4) is 0 Å². The Hall–Kier alpha value is -3.55. The summed E-state index contributed by atoms with van der Waals surface area (Å²) < 4.78 is 47.6. The second-order valence-electron chi connectivity index (χ2n) is 11.4. The highest BCUT2D eigenvalue weighted by atomic mass is 35.5. The Morgan fingerprint density at radius 1 is 1.09 bits per heavy atom. The van der Waals surface area contributed by atoms with E-state index in [4.69, 9.17) is 16.3 Å². The molecule has 9 nitrogen and oxygen atoms in total. The number of imide groups is 1. The van der Waals surface area contributed by atoms with Crippen molar-refractivity contribution in [1.29, 1.82) is 0 Å². The molecule has 0 unspecified atom stereocenters. The van der Waals surface area contributed by atoms with Gasteiger partial charge in [-0.3, -0.25) is 24.1 Å². The van der Waals surface area contributed by atoms with Crippen LogP contribution in [0.4, 0.5) is 22.8 Å². The number of benzene rings is 2. The first-order valence-electron chi connectivity index (χ1n) is 14.6. The molecule has 0 radical (unpaired) electrons. The summed E-state index contributed by atoms with van der Waals surface area (Å²) in [6.07, 6.45) is -0.926. The van der Waals surface area contributed by atoms with Crippen molar-refractivity contribution >= 4 is 57.6 Å². The smallest absolute Gasteiger partial charge is 0.416 e. The summed E-state index contributed by atoms with van der Waals surface area (Å²) in [5, 5.41) is 4.61. The summed E-state index contributed by atoms with van der Waals surface area (Å²) in [4.78, 5) is 43.6. The Morgan fingerprint density at radius 2 is 1.89 bits per heavy atom. The average molecular weight is 664 g/mol. The summed E-state index contributed by atoms with van der Waals surface area (Å²) in [6.45, 7) is 7.43. The van der Waals surface area contributed by atoms with Crippen LogP contribution in [-0.4, -0.2) is 87.6 Å². The van der Waals surface area contributed by atoms with E-state index in [1.54, 1.807) is 35.4 Å². The Morgan fingerprint density at radius 3 is 2.64 bits per heavy atom. The molecule has 240 valence electrons. The second-order valence-corrected chi connectivity index (χ2v) is 12.8. The number of hydrogen-bond acceptors (Lipinski definition) is 7. The first kappa shape index (κ1) is 32.8. The Balaban J connectivity index is 1.21. The quantitative estimate of drug-likeness (QED) is 0.251. The highest BCUT2D eigenvalue weighted by Crippen LogP contribution is 2.35. The van der Waals surface area contributed by atoms with Gasteiger partial charge < -0.3 is 9.64 Å². The topological polar surface area (TPSA) is 88.0 Å². The van der Waals surface area contributed by atoms with E-state index in [-0.39, 0.29) is 51.7 Å². The number of carbonyl (C=O) groups is 3. The molecule has 0 saturated carbocycles. The fourth-order valence-electron chi connectivity index (χ4n) is 5.23. The van der Waals surface area contributed by atoms with Gasteiger partial charge in [-0.05, 0) is 72.1 Å². The molecule has 2 aromatic carbocycles. The van der Waals surface area contributed by atoms with Crippen molar-refractivity contribution < 1.29 is 32.3 Å². The van der Waals surface area contributed by atoms with Crippen LogP contribution in [0.3, 0.4) is 0 Å². The van der Waals surface area contributed by atoms with Crippen LogP contribution in [-0.2, 0) is 22.3 Å². The zero-order valence-electron chi connectivity index (χ0n) is 24.8. The van der Waals surface area contributed by atoms with Gasteiger partial charge in [0.25, 0.3) is 11.1 Å². The molecular weight excluding hydrogens is 631 g/mol. The molecule has 2 aliphatic heterocycles. The molecule has 3 amide bonds. The largest absolute Gasteiger partial charge is 0.449 e. The molecule has 3 aromatic rings. The van der Waals surface area contributed by atoms with Gasteiger partial charge in [0.15, 0.2) is 0 Å². The van der Waals surface area contributed by atoms with E-state index in [9.17, 15) is 27.6 Å². The lowest BCUT2D eigenvalue weighted by atomic mass is 10.1. The third-order valence-electron chi connectivity index (χ3n) is 7.56. The lowest BCUT2D eigenvalue weighted by Gasteiger charge is -2.23. The number of aromatic nitrogens is 2. The van der Waals surface area contributed by atoms with Crippen LogP contribution in [0, 0.1) is 5.92 Å². The van der Waals surface area contributed by atoms with Crippen molar-refractivity contribution in [2.75, 3.05) is 45.9 Å². The van der Waals surface area contributed by atoms with Crippen molar-refractivity contribution in [1.82, 2.24) is 24.5 Å². The van der Waals surface area contributed by atoms with E-state index >= 15 is 0 Å². The van der Waals surface area contributed by atoms with E-state index < -0.39 is 11.7 Å². The van der Waals surface area contributed by atoms with Gasteiger partial charge in [0, 0.05) is 43.1 Å². The van der Waals surface area contributed by atoms with Crippen LogP contribution in [0.25, 0.3) is 17.0 Å². The minimum absolute atomic E-state index is 0.000120. The fraction of sp³-hybridized carbons (Fsp3) is 0.419. The van der Waals surface area contributed by atoms with E-state index in [0.29, 0.717) is 49.3 Å². The van der Waals surface area contributed by atoms with Crippen LogP contribution in [0.1, 0.15) is 37.0 Å². The van der Waals surface area contributed by atoms with Gasteiger partial charge in [-0.1, -0.05) is 37.6 Å². The van der Waals surface area contributed by atoms with Crippen molar-refractivity contribution in [3.63, 3.8) is 0 Å². The van der Waals surface area contributed by atoms with Gasteiger partial charge in [0.2, 0.25) is 0 Å². The van der Waals surface area contributed by atoms with Crippen LogP contribution in [0.2, 0.25) is 5.02 Å². The van der Waals surface area contributed by atoms with Crippen molar-refractivity contribution in [3.05, 3.63) is 69.2 Å². The molecule has 0 spiro atoms. The molecule has 45 heavy (non-hydrogen) atoms. The molecule has 0 atom stereocenters. The summed E-state index contributed by atoms with van der Waals surface area (Å²) in [6, 6.07) is 8.89. The van der Waals surface area contributed by atoms with Gasteiger partial charge in [-0.25, -0.2) is 4.79 Å². The summed E-state index contributed by atoms with van der Waals surface area (Å²) in [7, 11) is 0. The zero-order chi connectivity index (χ0) is 32.3. The molecule has 2 aliphatic rings. The minimum Gasteiger partial charge on any atom is -0.449 e. The molecule has 0 aliphatic carbocycles. The van der Waals surface area contributed by atoms with Gasteiger partial charge in [-0.15, -0.1) is 0 Å². The maximum Gasteiger partial charge on any atom is 0.416 e. The number of rotatable bonds is 8. The van der Waals surface area contributed by atoms with Crippen LogP contribution >= 0.6 is 23.4 Å². The van der Waals surface area contributed by atoms with Crippen molar-refractivity contribution in [2.45, 2.75) is 33.0 Å². The Bertz CT molecular complexity index is 1630. The number of carbonyl (C=O) groups excluding carboxylic acids is 3. The molecular formula is C31H33ClF3N5O4S. The molecule has 0 N–H and O–H groups in total. The number of thioether (sulfide) groups is 1. The predicted octanol–water partition coefficient (Wildman–Crippen LogP) is 6.59. The van der Waals surface area contributed by atoms with Crippen LogP contribution < -0.4 is 0 Å². The first-order valence-corrected chi connectivity index (χ1v) is 15.8. The molecule has 5 rings (SSSR count). The molecule has 3 heterocycles. The summed E-state index contributed by atoms with van der Waals surface area (Å²) in [5.41, 5.74) is 0.501. The van der Waals surface area contributed by atoms with E-state index in [1.807, 2.05) is 13.8 Å². The standard InChI is InChI=1S/C31H33ClF3N5O4S/c1-20(2)19-44-29(42)38-9-3-8-37(10-12-38)11-13-39-28(41)27(45-30(39)43)15-21-4-7-26-23(14-21)17-36-40(26)18-22-5-6-24(32)16-25(22)31(33,34)35/h4-7,14-17,20H,3,8-13,18-19H2,1-2H3. The van der Waals surface area contributed by atoms with Crippen molar-refractivity contribution in [2.24, 2.45) is 5.92 Å². The number of halogens is 4. The molecule has 2 fully saturated rings. The second kappa shape index (κ2) is 13.8. The molecule has 0 bridgehead atoms. The Labute approximate surface area is 267 Å². The number of fused-ring (bicyclic) bond motifs is 1. The number of amides is 3. The maximum absolute atomic E-state index is 13.6. The lowest BCUT2D eigenvalue weighted by Crippen LogP contribution is -2.40. The van der Waals surface area contributed by atoms with Crippen LogP contribution in [0.15, 0.2) is 47.5 Å². The van der Waals surface area contributed by atoms with Gasteiger partial charge in [-0.2, -0.15) is 18.3 Å². The maximum atomic E-state index is 13.6. The lowest BCUT2D eigenvalue weighted by molar-refractivity contribution is -0.138. The summed E-state index contributed by atoms with van der Waals surface area (Å²) >= 11 is 6.68. The molecule has 1 aromatic heterocycles. The predicted molar refractivity (Wildman–Crippen MR) is 167 cm³/mol. The summed E-state index contributed by atoms with van der Waals surface area (Å²) in [5.74, 6) is -0.118. The molecule has 14 heteroatoms. The number of ether oxygens (including phenoxy) is 1. The zero-order valence-corrected chi connectivity index (χ0v) is 26.4. The SMILES string of the molecule is CC(C)COC(=O)N1CCCN(CCN2C(=O)SC(=Cc3ccc4c(cnn4Cc4ccc(Cl)cc4C(F)(F)F)c3)C2=O)CC1. The Kier molecular flexibility index (Phi) is 10.1. The monoisotopic (exact) mass is 663 g/mol. The van der Waals surface area contributed by atoms with E-state index in [0.717, 1.165) is 30.8 Å². The first-order chi connectivity index (χ1) is 21.4. The number of alkyl halides is 3. The van der Waals surface area contributed by atoms with E-state index in [2.05, 4.69) is 10.00 Å². The highest BCUT2D eigenvalue weighted by Gasteiger charge is 2.36. The number of nitrogens with zero attached hydrogens (tertiary/aromatic N) is 5. The normalized spacial score (nSPS) is 17.6. The van der Waals surface area contributed by atoms with Gasteiger partial charge in [0.05, 0.1) is 35.3 Å². The van der Waals surface area contributed by atoms with E-state index in [1.165, 1.54) is 21.7 Å². The molecule has 2 saturated heterocycles. The fourth-order valence-corrected chi connectivity index (χ4v) is 6.26. The number of hydrogen-bond donors (Lipinski definition) is 0. The minimum atomic E-state index is -4.56. The third kappa shape index (κ3) is 8.00. The van der Waals surface area contributed by atoms with Gasteiger partial charge >= 0.3 is 12.3 Å². The highest BCUT2D eigenvalue weighted by molar-refractivity contribution is 8.18. The average Bonchev–Trinajstić information content (AvgIpc) is 3.38.